The third-order valence-corrected chi connectivity index (χ3v) is 8.64. The van der Waals surface area contributed by atoms with Gasteiger partial charge in [0.05, 0.1) is 5.69 Å². The molecule has 2 atom stereocenters. The molecule has 3 N–H and O–H groups in total. The largest absolute Gasteiger partial charge is 0.481 e. The normalized spacial score (nSPS) is 18.6. The number of nitrogens with one attached hydrogen (secondary N) is 1. The second-order valence-corrected chi connectivity index (χ2v) is 11.7. The fourth-order valence-corrected chi connectivity index (χ4v) is 6.12. The minimum Gasteiger partial charge on any atom is -0.481 e. The number of piperazine rings is 1. The van der Waals surface area contributed by atoms with Crippen molar-refractivity contribution in [3.63, 3.8) is 0 Å². The highest BCUT2D eigenvalue weighted by atomic mass is 16.5. The predicted octanol–water partition coefficient (Wildman–Crippen LogP) is 0.650. The Balaban J connectivity index is 1.30. The van der Waals surface area contributed by atoms with Crippen LogP contribution in [0.3, 0.4) is 0 Å². The van der Waals surface area contributed by atoms with Gasteiger partial charge in [-0.25, -0.2) is 9.48 Å². The van der Waals surface area contributed by atoms with Crippen molar-refractivity contribution in [2.24, 2.45) is 0 Å². The van der Waals surface area contributed by atoms with Gasteiger partial charge in [-0.15, -0.1) is 0 Å². The maximum absolute atomic E-state index is 13.5. The maximum atomic E-state index is 13.5. The Labute approximate surface area is 270 Å². The Morgan fingerprint density at radius 3 is 2.21 bits per heavy atom. The summed E-state index contributed by atoms with van der Waals surface area (Å²) in [5.74, 6) is -2.78. The molecule has 16 nitrogen and oxygen atoms in total. The molecule has 16 heteroatoms. The summed E-state index contributed by atoms with van der Waals surface area (Å²) in [5.41, 5.74) is 0.399. The molecule has 1 aromatic heterocycles. The number of benzene rings is 1. The molecule has 2 aromatic rings. The number of carboxylic acids is 1. The van der Waals surface area contributed by atoms with E-state index in [1.165, 1.54) is 20.5 Å². The topological polar surface area (TPSA) is 195 Å². The Hall–Kier alpha value is -5.15. The lowest BCUT2D eigenvalue weighted by Crippen LogP contribution is -2.55. The molecule has 3 saturated heterocycles. The first kappa shape index (κ1) is 33.2. The smallest absolute Gasteiger partial charge is 0.407 e. The molecular weight excluding hydrogens is 614 g/mol. The van der Waals surface area contributed by atoms with Crippen LogP contribution in [-0.4, -0.2) is 140 Å². The van der Waals surface area contributed by atoms with E-state index < -0.39 is 49.0 Å². The van der Waals surface area contributed by atoms with Gasteiger partial charge in [0.2, 0.25) is 17.7 Å². The van der Waals surface area contributed by atoms with Crippen molar-refractivity contribution < 1.29 is 43.7 Å². The molecule has 3 fully saturated rings. The summed E-state index contributed by atoms with van der Waals surface area (Å²) in [6, 6.07) is 8.36. The summed E-state index contributed by atoms with van der Waals surface area (Å²) in [4.78, 5) is 81.7. The molecule has 0 spiro atoms. The van der Waals surface area contributed by atoms with Crippen molar-refractivity contribution in [2.45, 2.75) is 50.6 Å². The SMILES string of the molecule is O=C(O)CC[C@H](NC(=O)c1cc(OCC(=O)N2CCC[C@H]2C(=O)N2CCCC2)n(-c2ccccc2)n1)C(=O)N1CCN(C(=O)O)CC1. The van der Waals surface area contributed by atoms with E-state index in [0.717, 1.165) is 12.8 Å². The third kappa shape index (κ3) is 7.99. The first-order valence-electron chi connectivity index (χ1n) is 15.8. The Kier molecular flexibility index (Phi) is 10.6. The zero-order valence-electron chi connectivity index (χ0n) is 26.0. The number of amides is 5. The lowest BCUT2D eigenvalue weighted by molar-refractivity contribution is -0.144. The van der Waals surface area contributed by atoms with Crippen LogP contribution in [0.1, 0.15) is 49.0 Å². The van der Waals surface area contributed by atoms with Crippen molar-refractivity contribution in [1.82, 2.24) is 34.7 Å². The molecular formula is C31H39N7O9. The number of carboxylic acid groups (broad SMARTS) is 2. The van der Waals surface area contributed by atoms with E-state index in [1.807, 2.05) is 0 Å². The second-order valence-electron chi connectivity index (χ2n) is 11.7. The van der Waals surface area contributed by atoms with Crippen LogP contribution in [0.25, 0.3) is 5.69 Å². The van der Waals surface area contributed by atoms with Gasteiger partial charge in [-0.1, -0.05) is 18.2 Å². The van der Waals surface area contributed by atoms with E-state index in [-0.39, 0.29) is 56.0 Å². The highest BCUT2D eigenvalue weighted by molar-refractivity contribution is 5.96. The lowest BCUT2D eigenvalue weighted by Gasteiger charge is -2.35. The van der Waals surface area contributed by atoms with Crippen molar-refractivity contribution in [1.29, 1.82) is 0 Å². The molecule has 3 aliphatic heterocycles. The van der Waals surface area contributed by atoms with Gasteiger partial charge < -0.3 is 39.9 Å². The molecule has 0 unspecified atom stereocenters. The number of rotatable bonds is 11. The number of hydrogen-bond donors (Lipinski definition) is 3. The number of carbonyl (C=O) groups excluding carboxylic acids is 4. The van der Waals surface area contributed by atoms with Gasteiger partial charge in [0.15, 0.2) is 12.3 Å². The summed E-state index contributed by atoms with van der Waals surface area (Å²) >= 11 is 0. The number of nitrogens with zero attached hydrogens (tertiary/aromatic N) is 6. The van der Waals surface area contributed by atoms with Crippen LogP contribution < -0.4 is 10.1 Å². The quantitative estimate of drug-likeness (QED) is 0.310. The van der Waals surface area contributed by atoms with E-state index in [0.29, 0.717) is 38.2 Å². The number of aromatic nitrogens is 2. The number of aliphatic carboxylic acids is 1. The van der Waals surface area contributed by atoms with Crippen LogP contribution in [0.2, 0.25) is 0 Å². The molecule has 5 rings (SSSR count). The lowest BCUT2D eigenvalue weighted by atomic mass is 10.1. The third-order valence-electron chi connectivity index (χ3n) is 8.64. The zero-order valence-corrected chi connectivity index (χ0v) is 26.0. The van der Waals surface area contributed by atoms with Gasteiger partial charge >= 0.3 is 12.1 Å². The van der Waals surface area contributed by atoms with Crippen LogP contribution in [-0.2, 0) is 19.2 Å². The Bertz CT molecular complexity index is 1480. The molecule has 0 bridgehead atoms. The molecule has 47 heavy (non-hydrogen) atoms. The monoisotopic (exact) mass is 653 g/mol. The highest BCUT2D eigenvalue weighted by Crippen LogP contribution is 2.24. The summed E-state index contributed by atoms with van der Waals surface area (Å²) in [6.07, 6.45) is 1.52. The summed E-state index contributed by atoms with van der Waals surface area (Å²) in [7, 11) is 0. The Morgan fingerprint density at radius 2 is 1.55 bits per heavy atom. The molecule has 4 heterocycles. The zero-order chi connectivity index (χ0) is 33.5. The van der Waals surface area contributed by atoms with Crippen LogP contribution in [0.5, 0.6) is 5.88 Å². The first-order chi connectivity index (χ1) is 22.6. The van der Waals surface area contributed by atoms with E-state index in [1.54, 1.807) is 40.1 Å². The maximum Gasteiger partial charge on any atom is 0.407 e. The van der Waals surface area contributed by atoms with Crippen molar-refractivity contribution in [2.75, 3.05) is 52.4 Å². The average Bonchev–Trinajstić information content (AvgIpc) is 3.87. The van der Waals surface area contributed by atoms with E-state index in [2.05, 4.69) is 10.4 Å². The number of carbonyl (C=O) groups is 6. The van der Waals surface area contributed by atoms with Crippen LogP contribution in [0.4, 0.5) is 4.79 Å². The molecule has 0 radical (unpaired) electrons. The first-order valence-corrected chi connectivity index (χ1v) is 15.8. The van der Waals surface area contributed by atoms with Crippen LogP contribution >= 0.6 is 0 Å². The van der Waals surface area contributed by atoms with Gasteiger partial charge in [0.1, 0.15) is 12.1 Å². The molecule has 0 aliphatic carbocycles. The predicted molar refractivity (Wildman–Crippen MR) is 164 cm³/mol. The minimum atomic E-state index is -1.21. The van der Waals surface area contributed by atoms with Crippen molar-refractivity contribution >= 4 is 35.7 Å². The second kappa shape index (κ2) is 15.0. The Morgan fingerprint density at radius 1 is 0.872 bits per heavy atom. The number of ether oxygens (including phenoxy) is 1. The van der Waals surface area contributed by atoms with Crippen molar-refractivity contribution in [3.8, 4) is 11.6 Å². The summed E-state index contributed by atoms with van der Waals surface area (Å²) in [5, 5.41) is 25.4. The summed E-state index contributed by atoms with van der Waals surface area (Å²) in [6.45, 7) is 1.80. The van der Waals surface area contributed by atoms with Crippen molar-refractivity contribution in [3.05, 3.63) is 42.1 Å². The highest BCUT2D eigenvalue weighted by Gasteiger charge is 2.37. The molecule has 0 saturated carbocycles. The minimum absolute atomic E-state index is 0.0441. The average molecular weight is 654 g/mol. The van der Waals surface area contributed by atoms with Crippen LogP contribution in [0.15, 0.2) is 36.4 Å². The van der Waals surface area contributed by atoms with Gasteiger partial charge in [-0.05, 0) is 44.2 Å². The van der Waals surface area contributed by atoms with Gasteiger partial charge in [-0.2, -0.15) is 5.10 Å². The number of hydrogen-bond acceptors (Lipinski definition) is 8. The number of para-hydroxylation sites is 1. The van der Waals surface area contributed by atoms with Crippen LogP contribution in [0, 0.1) is 0 Å². The van der Waals surface area contributed by atoms with E-state index in [9.17, 15) is 39.0 Å². The van der Waals surface area contributed by atoms with Gasteiger partial charge in [0.25, 0.3) is 11.8 Å². The standard InChI is InChI=1S/C31H39N7O9/c39-25(37-14-6-9-24(37)30(44)34-12-4-5-13-34)20-47-26-19-23(33-38(26)21-7-2-1-3-8-21)28(42)32-22(10-11-27(40)41)29(43)35-15-17-36(18-16-35)31(45)46/h1-3,7-8,19,22,24H,4-6,9-18,20H2,(H,32,42)(H,40,41)(H,45,46)/t22-,24-/m0/s1. The van der Waals surface area contributed by atoms with Gasteiger partial charge in [-0.3, -0.25) is 24.0 Å². The fourth-order valence-electron chi connectivity index (χ4n) is 6.12. The van der Waals surface area contributed by atoms with E-state index in [4.69, 9.17) is 4.74 Å². The molecule has 252 valence electrons. The number of likely N-dealkylation sites (tertiary alicyclic amines) is 2. The molecule has 3 aliphatic rings. The molecule has 5 amide bonds. The van der Waals surface area contributed by atoms with E-state index >= 15 is 0 Å². The summed E-state index contributed by atoms with van der Waals surface area (Å²) < 4.78 is 7.25. The fraction of sp³-hybridized carbons (Fsp3) is 0.516. The molecule has 1 aromatic carbocycles. The van der Waals surface area contributed by atoms with Gasteiger partial charge in [0, 0.05) is 58.3 Å².